The van der Waals surface area contributed by atoms with Gasteiger partial charge in [-0.05, 0) is 56.6 Å². The molecule has 0 aliphatic carbocycles. The Morgan fingerprint density at radius 1 is 0.833 bits per heavy atom. The quantitative estimate of drug-likeness (QED) is 0.610. The van der Waals surface area contributed by atoms with Crippen molar-refractivity contribution in [2.45, 2.75) is 52.1 Å². The van der Waals surface area contributed by atoms with Gasteiger partial charge < -0.3 is 14.8 Å². The van der Waals surface area contributed by atoms with Crippen LogP contribution in [0.25, 0.3) is 21.8 Å². The van der Waals surface area contributed by atoms with Crippen LogP contribution < -0.4 is 0 Å². The Morgan fingerprint density at radius 3 is 2.07 bits per heavy atom. The monoisotopic (exact) mass is 410 g/mol. The van der Waals surface area contributed by atoms with Crippen LogP contribution in [0.4, 0.5) is 0 Å². The lowest BCUT2D eigenvalue weighted by atomic mass is 10.1. The van der Waals surface area contributed by atoms with Gasteiger partial charge in [0.1, 0.15) is 0 Å². The lowest BCUT2D eigenvalue weighted by Crippen LogP contribution is -2.26. The van der Waals surface area contributed by atoms with Gasteiger partial charge in [-0.1, -0.05) is 43.5 Å². The smallest absolute Gasteiger partial charge is 0.414 e. The zero-order valence-corrected chi connectivity index (χ0v) is 17.5. The van der Waals surface area contributed by atoms with Crippen molar-refractivity contribution >= 4 is 33.7 Å². The van der Waals surface area contributed by atoms with Gasteiger partial charge in [-0.25, -0.2) is 9.59 Å². The Bertz CT molecular complexity index is 1000. The van der Waals surface area contributed by atoms with Crippen molar-refractivity contribution < 1.29 is 19.8 Å². The summed E-state index contributed by atoms with van der Waals surface area (Å²) in [5, 5.41) is 17.6. The van der Waals surface area contributed by atoms with Crippen molar-refractivity contribution in [2.24, 2.45) is 0 Å². The molecule has 1 fully saturated rings. The maximum absolute atomic E-state index is 9.10. The summed E-state index contributed by atoms with van der Waals surface area (Å²) in [7, 11) is 0. The molecule has 30 heavy (non-hydrogen) atoms. The minimum atomic E-state index is -1.82. The van der Waals surface area contributed by atoms with E-state index in [2.05, 4.69) is 58.9 Å². The van der Waals surface area contributed by atoms with E-state index in [9.17, 15) is 0 Å². The Hall–Kier alpha value is -2.86. The fourth-order valence-corrected chi connectivity index (χ4v) is 4.27. The number of aliphatic carboxylic acids is 2. The number of carboxylic acid groups (broad SMARTS) is 2. The van der Waals surface area contributed by atoms with Gasteiger partial charge in [-0.2, -0.15) is 0 Å². The molecule has 0 spiro atoms. The summed E-state index contributed by atoms with van der Waals surface area (Å²) in [5.74, 6) is -3.65. The number of benzene rings is 2. The molecule has 1 aromatic heterocycles. The number of aryl methyl sites for hydroxylation is 1. The van der Waals surface area contributed by atoms with Crippen LogP contribution in [0.1, 0.15) is 44.6 Å². The molecule has 0 saturated carbocycles. The summed E-state index contributed by atoms with van der Waals surface area (Å²) in [6.45, 7) is 6.88. The maximum atomic E-state index is 9.10. The van der Waals surface area contributed by atoms with Gasteiger partial charge in [0.05, 0.1) is 0 Å². The minimum Gasteiger partial charge on any atom is -0.473 e. The van der Waals surface area contributed by atoms with Crippen LogP contribution in [0.2, 0.25) is 0 Å². The van der Waals surface area contributed by atoms with E-state index in [4.69, 9.17) is 19.8 Å². The molecule has 0 radical (unpaired) electrons. The van der Waals surface area contributed by atoms with Crippen LogP contribution in [0.3, 0.4) is 0 Å². The molecule has 2 aromatic carbocycles. The van der Waals surface area contributed by atoms with Crippen molar-refractivity contribution in [3.63, 3.8) is 0 Å². The molecule has 3 aromatic rings. The summed E-state index contributed by atoms with van der Waals surface area (Å²) in [6.07, 6.45) is 6.95. The topological polar surface area (TPSA) is 82.8 Å². The first kappa shape index (κ1) is 21.8. The van der Waals surface area contributed by atoms with Gasteiger partial charge in [-0.15, -0.1) is 0 Å². The van der Waals surface area contributed by atoms with Crippen LogP contribution >= 0.6 is 0 Å². The molecule has 6 heteroatoms. The van der Waals surface area contributed by atoms with E-state index in [1.165, 1.54) is 72.6 Å². The molecule has 1 aliphatic rings. The Balaban J connectivity index is 0.000000377. The van der Waals surface area contributed by atoms with Gasteiger partial charge in [0, 0.05) is 34.9 Å². The highest BCUT2D eigenvalue weighted by atomic mass is 16.4. The SMILES string of the molecule is CCn1c2ccccc2c2cc(CN3CCCCCCC3)ccc21.O=C(O)C(=O)O. The lowest BCUT2D eigenvalue weighted by molar-refractivity contribution is -0.159. The molecule has 6 nitrogen and oxygen atoms in total. The third kappa shape index (κ3) is 5.19. The molecule has 2 heterocycles. The normalized spacial score (nSPS) is 15.2. The number of aromatic nitrogens is 1. The molecule has 1 saturated heterocycles. The second kappa shape index (κ2) is 10.3. The van der Waals surface area contributed by atoms with E-state index < -0.39 is 11.9 Å². The third-order valence-electron chi connectivity index (χ3n) is 5.69. The van der Waals surface area contributed by atoms with Gasteiger partial charge in [-0.3, -0.25) is 4.90 Å². The van der Waals surface area contributed by atoms with E-state index in [1.807, 2.05) is 0 Å². The van der Waals surface area contributed by atoms with Crippen LogP contribution in [-0.2, 0) is 22.7 Å². The summed E-state index contributed by atoms with van der Waals surface area (Å²) >= 11 is 0. The standard InChI is InChI=1S/C22H28N2.C2H2O4/c1-2-24-21-11-7-6-10-19(21)20-16-18(12-13-22(20)24)17-23-14-8-4-3-5-9-15-23;3-1(4)2(5)6/h6-7,10-13,16H,2-5,8-9,14-15,17H2,1H3;(H,3,4)(H,5,6). The Kier molecular flexibility index (Phi) is 7.46. The highest BCUT2D eigenvalue weighted by Crippen LogP contribution is 2.30. The maximum Gasteiger partial charge on any atom is 0.414 e. The second-order valence-electron chi connectivity index (χ2n) is 7.77. The number of nitrogens with zero attached hydrogens (tertiary/aromatic N) is 2. The molecule has 160 valence electrons. The predicted octanol–water partition coefficient (Wildman–Crippen LogP) is 4.74. The lowest BCUT2D eigenvalue weighted by Gasteiger charge is -2.24. The van der Waals surface area contributed by atoms with Crippen molar-refractivity contribution in [2.75, 3.05) is 13.1 Å². The summed E-state index contributed by atoms with van der Waals surface area (Å²) in [5.41, 5.74) is 4.19. The van der Waals surface area contributed by atoms with E-state index >= 15 is 0 Å². The first-order valence-electron chi connectivity index (χ1n) is 10.7. The molecule has 1 aliphatic heterocycles. The van der Waals surface area contributed by atoms with Crippen LogP contribution in [0, 0.1) is 0 Å². The number of carbonyl (C=O) groups is 2. The molecule has 0 unspecified atom stereocenters. The number of likely N-dealkylation sites (tertiary alicyclic amines) is 1. The van der Waals surface area contributed by atoms with Crippen molar-refractivity contribution in [3.8, 4) is 0 Å². The van der Waals surface area contributed by atoms with Crippen LogP contribution in [-0.4, -0.2) is 44.7 Å². The van der Waals surface area contributed by atoms with E-state index in [-0.39, 0.29) is 0 Å². The van der Waals surface area contributed by atoms with Gasteiger partial charge in [0.15, 0.2) is 0 Å². The van der Waals surface area contributed by atoms with Gasteiger partial charge in [0.25, 0.3) is 0 Å². The highest BCUT2D eigenvalue weighted by molar-refractivity contribution is 6.27. The summed E-state index contributed by atoms with van der Waals surface area (Å²) < 4.78 is 2.44. The van der Waals surface area contributed by atoms with Gasteiger partial charge >= 0.3 is 11.9 Å². The van der Waals surface area contributed by atoms with E-state index in [0.29, 0.717) is 0 Å². The molecular formula is C24H30N2O4. The third-order valence-corrected chi connectivity index (χ3v) is 5.69. The van der Waals surface area contributed by atoms with Crippen molar-refractivity contribution in [1.29, 1.82) is 0 Å². The predicted molar refractivity (Wildman–Crippen MR) is 119 cm³/mol. The zero-order chi connectivity index (χ0) is 21.5. The first-order valence-corrected chi connectivity index (χ1v) is 10.7. The fraction of sp³-hybridized carbons (Fsp3) is 0.417. The first-order chi connectivity index (χ1) is 14.5. The molecule has 0 bridgehead atoms. The zero-order valence-electron chi connectivity index (χ0n) is 17.5. The summed E-state index contributed by atoms with van der Waals surface area (Å²) in [6, 6.07) is 15.9. The largest absolute Gasteiger partial charge is 0.473 e. The molecule has 0 atom stereocenters. The Morgan fingerprint density at radius 2 is 1.43 bits per heavy atom. The van der Waals surface area contributed by atoms with Crippen molar-refractivity contribution in [1.82, 2.24) is 9.47 Å². The van der Waals surface area contributed by atoms with E-state index in [0.717, 1.165) is 13.1 Å². The number of rotatable bonds is 3. The number of fused-ring (bicyclic) bond motifs is 3. The minimum absolute atomic E-state index is 1.02. The Labute approximate surface area is 176 Å². The second-order valence-corrected chi connectivity index (χ2v) is 7.77. The van der Waals surface area contributed by atoms with Crippen LogP contribution in [0.5, 0.6) is 0 Å². The van der Waals surface area contributed by atoms with Crippen molar-refractivity contribution in [3.05, 3.63) is 48.0 Å². The molecule has 2 N–H and O–H groups in total. The number of hydrogen-bond acceptors (Lipinski definition) is 3. The molecule has 0 amide bonds. The fourth-order valence-electron chi connectivity index (χ4n) is 4.27. The number of carboxylic acids is 2. The van der Waals surface area contributed by atoms with Crippen LogP contribution in [0.15, 0.2) is 42.5 Å². The van der Waals surface area contributed by atoms with Gasteiger partial charge in [0.2, 0.25) is 0 Å². The highest BCUT2D eigenvalue weighted by Gasteiger charge is 2.12. The summed E-state index contributed by atoms with van der Waals surface area (Å²) in [4.78, 5) is 20.9. The average Bonchev–Trinajstić information content (AvgIpc) is 3.03. The average molecular weight is 411 g/mol. The molecule has 4 rings (SSSR count). The molecular weight excluding hydrogens is 380 g/mol. The van der Waals surface area contributed by atoms with E-state index in [1.54, 1.807) is 0 Å². The number of para-hydroxylation sites is 1. The number of hydrogen-bond donors (Lipinski definition) is 2.